The number of aliphatic hydroxyl groups is 1. The number of hydrogen-bond donors (Lipinski definition) is 2. The van der Waals surface area contributed by atoms with Gasteiger partial charge in [-0.05, 0) is 50.3 Å². The Morgan fingerprint density at radius 3 is 2.39 bits per heavy atom. The number of aliphatic hydroxyl groups excluding tert-OH is 1. The lowest BCUT2D eigenvalue weighted by molar-refractivity contribution is 0.0557. The summed E-state index contributed by atoms with van der Waals surface area (Å²) in [7, 11) is 0. The Labute approximate surface area is 192 Å². The average molecular weight is 451 g/mol. The highest BCUT2D eigenvalue weighted by atomic mass is 16.3. The molecule has 33 heavy (non-hydrogen) atoms. The summed E-state index contributed by atoms with van der Waals surface area (Å²) < 4.78 is 1.89. The van der Waals surface area contributed by atoms with Crippen molar-refractivity contribution < 1.29 is 9.90 Å². The smallest absolute Gasteiger partial charge is 0.326 e. The molecule has 2 fully saturated rings. The van der Waals surface area contributed by atoms with Gasteiger partial charge in [-0.25, -0.2) is 14.8 Å². The molecular formula is C24H30N6O3. The van der Waals surface area contributed by atoms with Gasteiger partial charge in [0.05, 0.1) is 22.7 Å². The largest absolute Gasteiger partial charge is 0.389 e. The fourth-order valence-corrected chi connectivity index (χ4v) is 5.31. The number of aromatic nitrogens is 4. The second kappa shape index (κ2) is 9.07. The number of aromatic amines is 1. The second-order valence-corrected chi connectivity index (χ2v) is 9.17. The van der Waals surface area contributed by atoms with E-state index in [1.165, 1.54) is 6.33 Å². The number of imidazole rings is 1. The summed E-state index contributed by atoms with van der Waals surface area (Å²) in [5.41, 5.74) is 2.95. The maximum atomic E-state index is 12.7. The van der Waals surface area contributed by atoms with E-state index in [1.54, 1.807) is 19.3 Å². The van der Waals surface area contributed by atoms with Gasteiger partial charge in [0.2, 0.25) is 0 Å². The minimum absolute atomic E-state index is 0.00483. The highest BCUT2D eigenvalue weighted by Gasteiger charge is 2.31. The van der Waals surface area contributed by atoms with Crippen LogP contribution >= 0.6 is 0 Å². The van der Waals surface area contributed by atoms with Crippen molar-refractivity contribution in [3.8, 4) is 0 Å². The molecule has 3 aromatic rings. The highest BCUT2D eigenvalue weighted by Crippen LogP contribution is 2.29. The summed E-state index contributed by atoms with van der Waals surface area (Å²) in [6, 6.07) is 6.33. The van der Waals surface area contributed by atoms with Gasteiger partial charge in [-0.15, -0.1) is 0 Å². The number of likely N-dealkylation sites (tertiary alicyclic amines) is 2. The number of benzene rings is 1. The molecule has 2 aliphatic rings. The number of carbonyl (C=O) groups excluding carboxylic acids is 1. The first-order chi connectivity index (χ1) is 16.0. The van der Waals surface area contributed by atoms with Crippen LogP contribution in [0.5, 0.6) is 0 Å². The molecule has 4 heterocycles. The van der Waals surface area contributed by atoms with Crippen LogP contribution in [0, 0.1) is 0 Å². The number of nitrogens with one attached hydrogen (secondary N) is 1. The summed E-state index contributed by atoms with van der Waals surface area (Å²) in [4.78, 5) is 40.6. The number of fused-ring (bicyclic) bond motifs is 1. The minimum Gasteiger partial charge on any atom is -0.389 e. The lowest BCUT2D eigenvalue weighted by Gasteiger charge is -2.42. The van der Waals surface area contributed by atoms with Gasteiger partial charge in [0.15, 0.2) is 0 Å². The van der Waals surface area contributed by atoms with Gasteiger partial charge < -0.3 is 19.9 Å². The van der Waals surface area contributed by atoms with Crippen LogP contribution in [0.2, 0.25) is 0 Å². The number of hydrogen-bond acceptors (Lipinski definition) is 6. The van der Waals surface area contributed by atoms with Crippen LogP contribution in [0.15, 0.2) is 41.7 Å². The Bertz CT molecular complexity index is 1170. The lowest BCUT2D eigenvalue weighted by atomic mass is 9.97. The number of nitrogens with zero attached hydrogens (tertiary/aromatic N) is 5. The Hall–Kier alpha value is -3.04. The zero-order chi connectivity index (χ0) is 22.9. The standard InChI is InChI=1S/C24H30N6O3/c1-16(31)17-2-3-22-21(12-17)27-24(33)30(22)20-6-8-28(9-7-20)19-4-10-29(11-5-19)23(32)18-13-25-15-26-14-18/h2-3,12-16,19-20,31H,4-11H2,1H3,(H,27,33). The lowest BCUT2D eigenvalue weighted by Crippen LogP contribution is -2.49. The molecule has 2 N–H and O–H groups in total. The number of rotatable bonds is 4. The predicted octanol–water partition coefficient (Wildman–Crippen LogP) is 2.11. The Balaban J connectivity index is 1.20. The molecule has 0 radical (unpaired) electrons. The quantitative estimate of drug-likeness (QED) is 0.631. The SMILES string of the molecule is CC(O)c1ccc2c(c1)[nH]c(=O)n2C1CCN(C2CCN(C(=O)c3cncnc3)CC2)CC1. The first kappa shape index (κ1) is 21.8. The summed E-state index contributed by atoms with van der Waals surface area (Å²) >= 11 is 0. The summed E-state index contributed by atoms with van der Waals surface area (Å²) in [6.07, 6.45) is 7.78. The molecule has 9 nitrogen and oxygen atoms in total. The van der Waals surface area contributed by atoms with Gasteiger partial charge in [0.25, 0.3) is 5.91 Å². The van der Waals surface area contributed by atoms with Gasteiger partial charge >= 0.3 is 5.69 Å². The van der Waals surface area contributed by atoms with Crippen LogP contribution in [0.25, 0.3) is 11.0 Å². The van der Waals surface area contributed by atoms with E-state index in [9.17, 15) is 14.7 Å². The molecule has 9 heteroatoms. The maximum Gasteiger partial charge on any atom is 0.326 e. The zero-order valence-corrected chi connectivity index (χ0v) is 18.9. The Kier molecular flexibility index (Phi) is 5.99. The molecule has 2 saturated heterocycles. The molecule has 1 atom stereocenters. The third-order valence-corrected chi connectivity index (χ3v) is 7.16. The Morgan fingerprint density at radius 1 is 1.06 bits per heavy atom. The predicted molar refractivity (Wildman–Crippen MR) is 124 cm³/mol. The highest BCUT2D eigenvalue weighted by molar-refractivity contribution is 5.93. The third-order valence-electron chi connectivity index (χ3n) is 7.16. The van der Waals surface area contributed by atoms with E-state index in [0.29, 0.717) is 11.6 Å². The van der Waals surface area contributed by atoms with E-state index in [4.69, 9.17) is 0 Å². The van der Waals surface area contributed by atoms with E-state index in [-0.39, 0.29) is 17.6 Å². The van der Waals surface area contributed by atoms with Crippen LogP contribution < -0.4 is 5.69 Å². The number of H-pyrrole nitrogens is 1. The van der Waals surface area contributed by atoms with Crippen molar-refractivity contribution >= 4 is 16.9 Å². The monoisotopic (exact) mass is 450 g/mol. The van der Waals surface area contributed by atoms with Gasteiger partial charge in [0.1, 0.15) is 6.33 Å². The summed E-state index contributed by atoms with van der Waals surface area (Å²) in [6.45, 7) is 5.10. The minimum atomic E-state index is -0.563. The molecule has 1 amide bonds. The van der Waals surface area contributed by atoms with E-state index in [0.717, 1.165) is 68.5 Å². The molecule has 0 spiro atoms. The molecule has 0 saturated carbocycles. The van der Waals surface area contributed by atoms with Crippen molar-refractivity contribution in [2.24, 2.45) is 0 Å². The normalized spacial score (nSPS) is 19.8. The van der Waals surface area contributed by atoms with Crippen molar-refractivity contribution in [3.63, 3.8) is 0 Å². The van der Waals surface area contributed by atoms with E-state index >= 15 is 0 Å². The van der Waals surface area contributed by atoms with Crippen LogP contribution in [0.4, 0.5) is 0 Å². The Morgan fingerprint density at radius 2 is 1.73 bits per heavy atom. The van der Waals surface area contributed by atoms with Crippen LogP contribution in [0.3, 0.4) is 0 Å². The molecule has 2 aliphatic heterocycles. The molecular weight excluding hydrogens is 420 g/mol. The van der Waals surface area contributed by atoms with E-state index < -0.39 is 6.10 Å². The van der Waals surface area contributed by atoms with Crippen molar-refractivity contribution in [2.45, 2.75) is 50.8 Å². The fourth-order valence-electron chi connectivity index (χ4n) is 5.31. The number of piperidine rings is 2. The van der Waals surface area contributed by atoms with E-state index in [1.807, 2.05) is 27.7 Å². The molecule has 174 valence electrons. The van der Waals surface area contributed by atoms with Crippen molar-refractivity contribution in [1.82, 2.24) is 29.3 Å². The molecule has 2 aromatic heterocycles. The van der Waals surface area contributed by atoms with Crippen molar-refractivity contribution in [2.75, 3.05) is 26.2 Å². The van der Waals surface area contributed by atoms with Gasteiger partial charge in [-0.1, -0.05) is 6.07 Å². The van der Waals surface area contributed by atoms with Crippen molar-refractivity contribution in [1.29, 1.82) is 0 Å². The number of carbonyl (C=O) groups is 1. The molecule has 1 aromatic carbocycles. The topological polar surface area (TPSA) is 107 Å². The van der Waals surface area contributed by atoms with Gasteiger partial charge in [0, 0.05) is 50.7 Å². The maximum absolute atomic E-state index is 12.7. The second-order valence-electron chi connectivity index (χ2n) is 9.17. The van der Waals surface area contributed by atoms with E-state index in [2.05, 4.69) is 19.9 Å². The molecule has 5 rings (SSSR count). The van der Waals surface area contributed by atoms with Gasteiger partial charge in [-0.2, -0.15) is 0 Å². The molecule has 0 bridgehead atoms. The van der Waals surface area contributed by atoms with Crippen LogP contribution in [-0.4, -0.2) is 72.6 Å². The molecule has 1 unspecified atom stereocenters. The summed E-state index contributed by atoms with van der Waals surface area (Å²) in [5.74, 6) is 0.00483. The third kappa shape index (κ3) is 4.30. The van der Waals surface area contributed by atoms with Crippen LogP contribution in [0.1, 0.15) is 60.7 Å². The first-order valence-electron chi connectivity index (χ1n) is 11.7. The van der Waals surface area contributed by atoms with Crippen molar-refractivity contribution in [3.05, 3.63) is 58.5 Å². The zero-order valence-electron chi connectivity index (χ0n) is 18.9. The number of amides is 1. The average Bonchev–Trinajstić information content (AvgIpc) is 3.19. The molecule has 0 aliphatic carbocycles. The first-order valence-corrected chi connectivity index (χ1v) is 11.7. The van der Waals surface area contributed by atoms with Gasteiger partial charge in [-0.3, -0.25) is 9.36 Å². The fraction of sp³-hybridized carbons (Fsp3) is 0.500. The van der Waals surface area contributed by atoms with Crippen LogP contribution in [-0.2, 0) is 0 Å². The summed E-state index contributed by atoms with van der Waals surface area (Å²) in [5, 5.41) is 9.83.